The summed E-state index contributed by atoms with van der Waals surface area (Å²) in [4.78, 5) is 0. The fourth-order valence-electron chi connectivity index (χ4n) is 2.36. The normalized spacial score (nSPS) is 10.4. The molecule has 0 saturated heterocycles. The minimum Gasteiger partial charge on any atom is -0.508 e. The molecule has 0 radical (unpaired) electrons. The largest absolute Gasteiger partial charge is 0.508 e. The van der Waals surface area contributed by atoms with Gasteiger partial charge in [-0.05, 0) is 41.0 Å². The third-order valence-electron chi connectivity index (χ3n) is 3.48. The number of anilines is 1. The predicted octanol–water partition coefficient (Wildman–Crippen LogP) is 4.18. The highest BCUT2D eigenvalue weighted by Gasteiger charge is 2.04. The van der Waals surface area contributed by atoms with E-state index in [1.54, 1.807) is 12.1 Å². The van der Waals surface area contributed by atoms with Crippen LogP contribution in [0.1, 0.15) is 5.56 Å². The summed E-state index contributed by atoms with van der Waals surface area (Å²) in [5.41, 5.74) is 10.9. The smallest absolute Gasteiger partial charge is 0.115 e. The SMILES string of the molecule is Oc1ccc(-c2ccccc2CNNc2ccccc2)cc1. The zero-order valence-corrected chi connectivity index (χ0v) is 12.2. The number of nitrogens with one attached hydrogen (secondary N) is 2. The monoisotopic (exact) mass is 290 g/mol. The number of rotatable bonds is 5. The van der Waals surface area contributed by atoms with Crippen LogP contribution in [0.25, 0.3) is 11.1 Å². The highest BCUT2D eigenvalue weighted by atomic mass is 16.3. The lowest BCUT2D eigenvalue weighted by Gasteiger charge is -2.12. The van der Waals surface area contributed by atoms with Gasteiger partial charge >= 0.3 is 0 Å². The van der Waals surface area contributed by atoms with E-state index in [2.05, 4.69) is 23.0 Å². The van der Waals surface area contributed by atoms with Crippen LogP contribution in [0.4, 0.5) is 5.69 Å². The highest BCUT2D eigenvalue weighted by Crippen LogP contribution is 2.25. The molecule has 0 unspecified atom stereocenters. The fraction of sp³-hybridized carbons (Fsp3) is 0.0526. The summed E-state index contributed by atoms with van der Waals surface area (Å²) < 4.78 is 0. The fourth-order valence-corrected chi connectivity index (χ4v) is 2.36. The van der Waals surface area contributed by atoms with Gasteiger partial charge in [0.2, 0.25) is 0 Å². The number of phenols is 1. The second-order valence-corrected chi connectivity index (χ2v) is 5.05. The van der Waals surface area contributed by atoms with Gasteiger partial charge in [-0.15, -0.1) is 0 Å². The maximum Gasteiger partial charge on any atom is 0.115 e. The first-order valence-corrected chi connectivity index (χ1v) is 7.24. The molecule has 0 spiro atoms. The number of aromatic hydroxyl groups is 1. The molecule has 0 atom stereocenters. The van der Waals surface area contributed by atoms with Gasteiger partial charge in [0.1, 0.15) is 5.75 Å². The summed E-state index contributed by atoms with van der Waals surface area (Å²) in [6.45, 7) is 0.700. The lowest BCUT2D eigenvalue weighted by Crippen LogP contribution is -2.21. The average molecular weight is 290 g/mol. The van der Waals surface area contributed by atoms with Gasteiger partial charge in [-0.25, -0.2) is 5.43 Å². The standard InChI is InChI=1S/C19H18N2O/c22-18-12-10-15(11-13-18)19-9-5-4-6-16(19)14-20-21-17-7-2-1-3-8-17/h1-13,20-22H,14H2. The van der Waals surface area contributed by atoms with Crippen molar-refractivity contribution in [3.8, 4) is 16.9 Å². The Morgan fingerprint density at radius 1 is 0.727 bits per heavy atom. The first-order valence-electron chi connectivity index (χ1n) is 7.24. The van der Waals surface area contributed by atoms with E-state index in [9.17, 15) is 5.11 Å². The zero-order chi connectivity index (χ0) is 15.2. The Morgan fingerprint density at radius 3 is 2.18 bits per heavy atom. The summed E-state index contributed by atoms with van der Waals surface area (Å²) in [6.07, 6.45) is 0. The average Bonchev–Trinajstić information content (AvgIpc) is 2.57. The van der Waals surface area contributed by atoms with Crippen LogP contribution >= 0.6 is 0 Å². The second kappa shape index (κ2) is 6.78. The van der Waals surface area contributed by atoms with Gasteiger partial charge in [0, 0.05) is 12.2 Å². The van der Waals surface area contributed by atoms with E-state index in [0.29, 0.717) is 6.54 Å². The summed E-state index contributed by atoms with van der Waals surface area (Å²) in [5.74, 6) is 0.283. The second-order valence-electron chi connectivity index (χ2n) is 5.05. The van der Waals surface area contributed by atoms with Crippen LogP contribution in [0.3, 0.4) is 0 Å². The van der Waals surface area contributed by atoms with Crippen molar-refractivity contribution in [2.24, 2.45) is 0 Å². The molecule has 0 heterocycles. The molecule has 3 aromatic carbocycles. The molecule has 3 aromatic rings. The Hall–Kier alpha value is -2.78. The van der Waals surface area contributed by atoms with E-state index in [-0.39, 0.29) is 5.75 Å². The number of para-hydroxylation sites is 1. The summed E-state index contributed by atoms with van der Waals surface area (Å²) in [5, 5.41) is 9.42. The van der Waals surface area contributed by atoms with Crippen LogP contribution in [0.15, 0.2) is 78.9 Å². The van der Waals surface area contributed by atoms with E-state index >= 15 is 0 Å². The van der Waals surface area contributed by atoms with E-state index < -0.39 is 0 Å². The summed E-state index contributed by atoms with van der Waals surface area (Å²) in [7, 11) is 0. The maximum atomic E-state index is 9.42. The number of hydrogen-bond donors (Lipinski definition) is 3. The van der Waals surface area contributed by atoms with E-state index in [0.717, 1.165) is 16.8 Å². The molecule has 0 amide bonds. The molecule has 3 nitrogen and oxygen atoms in total. The lowest BCUT2D eigenvalue weighted by molar-refractivity contribution is 0.475. The van der Waals surface area contributed by atoms with Crippen molar-refractivity contribution in [2.45, 2.75) is 6.54 Å². The van der Waals surface area contributed by atoms with E-state index in [1.807, 2.05) is 54.6 Å². The van der Waals surface area contributed by atoms with E-state index in [4.69, 9.17) is 0 Å². The maximum absolute atomic E-state index is 9.42. The van der Waals surface area contributed by atoms with Gasteiger partial charge in [-0.3, -0.25) is 0 Å². The van der Waals surface area contributed by atoms with Crippen molar-refractivity contribution < 1.29 is 5.11 Å². The minimum atomic E-state index is 0.283. The Kier molecular flexibility index (Phi) is 4.37. The van der Waals surface area contributed by atoms with Gasteiger partial charge in [0.25, 0.3) is 0 Å². The number of hydrogen-bond acceptors (Lipinski definition) is 3. The molecule has 0 aliphatic rings. The van der Waals surface area contributed by atoms with Gasteiger partial charge < -0.3 is 10.5 Å². The molecule has 110 valence electrons. The van der Waals surface area contributed by atoms with Crippen molar-refractivity contribution in [1.29, 1.82) is 0 Å². The van der Waals surface area contributed by atoms with Crippen molar-refractivity contribution in [1.82, 2.24) is 5.43 Å². The summed E-state index contributed by atoms with van der Waals surface area (Å²) >= 11 is 0. The van der Waals surface area contributed by atoms with Gasteiger partial charge in [0.15, 0.2) is 0 Å². The molecular formula is C19H18N2O. The van der Waals surface area contributed by atoms with E-state index in [1.165, 1.54) is 5.56 Å². The molecule has 0 fully saturated rings. The molecule has 0 bridgehead atoms. The van der Waals surface area contributed by atoms with Gasteiger partial charge in [0.05, 0.1) is 0 Å². The molecule has 22 heavy (non-hydrogen) atoms. The van der Waals surface area contributed by atoms with Crippen LogP contribution in [-0.2, 0) is 6.54 Å². The lowest BCUT2D eigenvalue weighted by atomic mass is 10.00. The molecule has 3 heteroatoms. The Bertz CT molecular complexity index is 724. The predicted molar refractivity (Wildman–Crippen MR) is 90.4 cm³/mol. The van der Waals surface area contributed by atoms with Crippen LogP contribution in [0, 0.1) is 0 Å². The van der Waals surface area contributed by atoms with Crippen molar-refractivity contribution >= 4 is 5.69 Å². The molecular weight excluding hydrogens is 272 g/mol. The van der Waals surface area contributed by atoms with Gasteiger partial charge in [-0.2, -0.15) is 0 Å². The van der Waals surface area contributed by atoms with Crippen LogP contribution in [0.2, 0.25) is 0 Å². The molecule has 0 saturated carbocycles. The molecule has 0 aliphatic heterocycles. The quantitative estimate of drug-likeness (QED) is 0.618. The number of phenolic OH excluding ortho intramolecular Hbond substituents is 1. The van der Waals surface area contributed by atoms with Crippen LogP contribution in [-0.4, -0.2) is 5.11 Å². The van der Waals surface area contributed by atoms with Crippen molar-refractivity contribution in [3.63, 3.8) is 0 Å². The van der Waals surface area contributed by atoms with Crippen molar-refractivity contribution in [3.05, 3.63) is 84.4 Å². The van der Waals surface area contributed by atoms with Crippen molar-refractivity contribution in [2.75, 3.05) is 5.43 Å². The van der Waals surface area contributed by atoms with Gasteiger partial charge in [-0.1, -0.05) is 54.6 Å². The number of benzene rings is 3. The topological polar surface area (TPSA) is 44.3 Å². The first kappa shape index (κ1) is 14.2. The van der Waals surface area contributed by atoms with Crippen LogP contribution < -0.4 is 10.9 Å². The Labute approximate surface area is 130 Å². The van der Waals surface area contributed by atoms with Crippen LogP contribution in [0.5, 0.6) is 5.75 Å². The Morgan fingerprint density at radius 2 is 1.41 bits per heavy atom. The third kappa shape index (κ3) is 3.45. The zero-order valence-electron chi connectivity index (χ0n) is 12.2. The first-order chi connectivity index (χ1) is 10.8. The molecule has 0 aromatic heterocycles. The third-order valence-corrected chi connectivity index (χ3v) is 3.48. The Balaban J connectivity index is 1.73. The summed E-state index contributed by atoms with van der Waals surface area (Å²) in [6, 6.07) is 25.5. The molecule has 0 aliphatic carbocycles. The number of hydrazine groups is 1. The highest BCUT2D eigenvalue weighted by molar-refractivity contribution is 5.67. The molecule has 3 N–H and O–H groups in total. The minimum absolute atomic E-state index is 0.283. The molecule has 3 rings (SSSR count).